The number of ketones is 1. The molecule has 5 nitrogen and oxygen atoms in total. The lowest BCUT2D eigenvalue weighted by Crippen LogP contribution is -2.24. The molecule has 27 heavy (non-hydrogen) atoms. The van der Waals surface area contributed by atoms with Crippen LogP contribution in [0.1, 0.15) is 16.8 Å². The predicted octanol–water partition coefficient (Wildman–Crippen LogP) is 4.06. The Morgan fingerprint density at radius 1 is 1.22 bits per heavy atom. The van der Waals surface area contributed by atoms with Gasteiger partial charge in [-0.15, -0.1) is 0 Å². The fourth-order valence-corrected chi connectivity index (χ4v) is 3.77. The molecule has 2 aromatic carbocycles. The van der Waals surface area contributed by atoms with E-state index in [2.05, 4.69) is 4.98 Å². The molecule has 0 spiro atoms. The summed E-state index contributed by atoms with van der Waals surface area (Å²) in [7, 11) is 1.62. The average molecular weight is 403 g/mol. The molecule has 7 heteroatoms. The molecule has 0 radical (unpaired) electrons. The van der Waals surface area contributed by atoms with Gasteiger partial charge in [-0.05, 0) is 24.6 Å². The van der Waals surface area contributed by atoms with Crippen molar-refractivity contribution < 1.29 is 9.53 Å². The molecule has 1 heterocycles. The van der Waals surface area contributed by atoms with Gasteiger partial charge in [0, 0.05) is 30.8 Å². The molecule has 0 saturated heterocycles. The van der Waals surface area contributed by atoms with E-state index >= 15 is 0 Å². The minimum atomic E-state index is -0.137. The van der Waals surface area contributed by atoms with E-state index in [4.69, 9.17) is 16.3 Å². The van der Waals surface area contributed by atoms with Crippen LogP contribution >= 0.6 is 23.4 Å². The number of carbonyl (C=O) groups is 1. The van der Waals surface area contributed by atoms with E-state index in [1.54, 1.807) is 42.0 Å². The summed E-state index contributed by atoms with van der Waals surface area (Å²) in [4.78, 5) is 29.9. The quantitative estimate of drug-likeness (QED) is 0.246. The molecular weight excluding hydrogens is 384 g/mol. The highest BCUT2D eigenvalue weighted by molar-refractivity contribution is 7.99. The van der Waals surface area contributed by atoms with E-state index in [9.17, 15) is 9.59 Å². The molecular formula is C20H19ClN2O3S. The van der Waals surface area contributed by atoms with E-state index < -0.39 is 0 Å². The van der Waals surface area contributed by atoms with Crippen molar-refractivity contribution in [2.24, 2.45) is 0 Å². The summed E-state index contributed by atoms with van der Waals surface area (Å²) in [6, 6.07) is 14.1. The van der Waals surface area contributed by atoms with Gasteiger partial charge in [-0.25, -0.2) is 4.98 Å². The van der Waals surface area contributed by atoms with Gasteiger partial charge in [0.1, 0.15) is 0 Å². The van der Waals surface area contributed by atoms with Crippen molar-refractivity contribution >= 4 is 40.0 Å². The zero-order chi connectivity index (χ0) is 19.2. The summed E-state index contributed by atoms with van der Waals surface area (Å²) >= 11 is 7.31. The zero-order valence-corrected chi connectivity index (χ0v) is 16.4. The fourth-order valence-electron chi connectivity index (χ4n) is 2.69. The number of hydrogen-bond donors (Lipinski definition) is 0. The van der Waals surface area contributed by atoms with Gasteiger partial charge in [0.05, 0.1) is 16.7 Å². The third-order valence-corrected chi connectivity index (χ3v) is 5.25. The smallest absolute Gasteiger partial charge is 0.262 e. The molecule has 0 bridgehead atoms. The SMILES string of the molecule is COCCCn1c(SCC(=O)c2ccccc2)nc2cc(Cl)ccc2c1=O. The Labute approximate surface area is 166 Å². The van der Waals surface area contributed by atoms with Crippen molar-refractivity contribution in [1.29, 1.82) is 0 Å². The summed E-state index contributed by atoms with van der Waals surface area (Å²) in [6.07, 6.45) is 0.678. The Balaban J connectivity index is 1.92. The number of ether oxygens (including phenoxy) is 1. The van der Waals surface area contributed by atoms with Crippen LogP contribution in [0.4, 0.5) is 0 Å². The number of nitrogens with zero attached hydrogens (tertiary/aromatic N) is 2. The van der Waals surface area contributed by atoms with E-state index in [0.29, 0.717) is 46.2 Å². The number of hydrogen-bond acceptors (Lipinski definition) is 5. The van der Waals surface area contributed by atoms with Crippen LogP contribution in [0.3, 0.4) is 0 Å². The lowest BCUT2D eigenvalue weighted by molar-refractivity contribution is 0.102. The fraction of sp³-hybridized carbons (Fsp3) is 0.250. The Kier molecular flexibility index (Phi) is 6.66. The molecule has 1 aromatic heterocycles. The van der Waals surface area contributed by atoms with Crippen LogP contribution in [0, 0.1) is 0 Å². The minimum Gasteiger partial charge on any atom is -0.385 e. The second kappa shape index (κ2) is 9.17. The topological polar surface area (TPSA) is 61.2 Å². The van der Waals surface area contributed by atoms with E-state index in [1.807, 2.05) is 18.2 Å². The summed E-state index contributed by atoms with van der Waals surface area (Å²) in [6.45, 7) is 1.01. The van der Waals surface area contributed by atoms with Crippen molar-refractivity contribution in [2.45, 2.75) is 18.1 Å². The van der Waals surface area contributed by atoms with Gasteiger partial charge >= 0.3 is 0 Å². The molecule has 0 fully saturated rings. The Morgan fingerprint density at radius 2 is 2.00 bits per heavy atom. The molecule has 0 N–H and O–H groups in total. The van der Waals surface area contributed by atoms with E-state index in [1.165, 1.54) is 11.8 Å². The van der Waals surface area contributed by atoms with Crippen LogP contribution in [0.15, 0.2) is 58.5 Å². The number of fused-ring (bicyclic) bond motifs is 1. The first-order chi connectivity index (χ1) is 13.1. The highest BCUT2D eigenvalue weighted by atomic mass is 35.5. The number of thioether (sulfide) groups is 1. The molecule has 0 unspecified atom stereocenters. The Hall–Kier alpha value is -2.15. The van der Waals surface area contributed by atoms with Crippen molar-refractivity contribution in [3.05, 3.63) is 69.5 Å². The normalized spacial score (nSPS) is 11.0. The van der Waals surface area contributed by atoms with Gasteiger partial charge in [-0.2, -0.15) is 0 Å². The van der Waals surface area contributed by atoms with Gasteiger partial charge in [-0.1, -0.05) is 53.7 Å². The molecule has 0 aliphatic rings. The first-order valence-corrected chi connectivity index (χ1v) is 9.86. The lowest BCUT2D eigenvalue weighted by atomic mass is 10.2. The second-order valence-electron chi connectivity index (χ2n) is 5.94. The van der Waals surface area contributed by atoms with Crippen molar-refractivity contribution in [3.63, 3.8) is 0 Å². The maximum Gasteiger partial charge on any atom is 0.262 e. The molecule has 0 aliphatic heterocycles. The number of halogens is 1. The van der Waals surface area contributed by atoms with Gasteiger partial charge < -0.3 is 4.74 Å². The lowest BCUT2D eigenvalue weighted by Gasteiger charge is -2.13. The molecule has 0 saturated carbocycles. The van der Waals surface area contributed by atoms with Crippen LogP contribution < -0.4 is 5.56 Å². The van der Waals surface area contributed by atoms with Crippen molar-refractivity contribution in [3.8, 4) is 0 Å². The third kappa shape index (κ3) is 4.77. The molecule has 140 valence electrons. The van der Waals surface area contributed by atoms with Crippen LogP contribution in [-0.2, 0) is 11.3 Å². The van der Waals surface area contributed by atoms with Gasteiger partial charge in [0.25, 0.3) is 5.56 Å². The Bertz CT molecular complexity index is 1010. The number of Topliss-reactive ketones (excluding diaryl/α,β-unsaturated/α-hetero) is 1. The van der Waals surface area contributed by atoms with Gasteiger partial charge in [-0.3, -0.25) is 14.2 Å². The van der Waals surface area contributed by atoms with Crippen LogP contribution in [0.5, 0.6) is 0 Å². The molecule has 0 aliphatic carbocycles. The van der Waals surface area contributed by atoms with Crippen LogP contribution in [0.2, 0.25) is 5.02 Å². The minimum absolute atomic E-state index is 0.00974. The molecule has 3 aromatic rings. The van der Waals surface area contributed by atoms with Crippen molar-refractivity contribution in [2.75, 3.05) is 19.5 Å². The van der Waals surface area contributed by atoms with E-state index in [0.717, 1.165) is 0 Å². The average Bonchev–Trinajstić information content (AvgIpc) is 2.68. The van der Waals surface area contributed by atoms with Crippen molar-refractivity contribution in [1.82, 2.24) is 9.55 Å². The highest BCUT2D eigenvalue weighted by Gasteiger charge is 2.14. The van der Waals surface area contributed by atoms with Gasteiger partial charge in [0.2, 0.25) is 0 Å². The number of aromatic nitrogens is 2. The maximum atomic E-state index is 12.9. The number of methoxy groups -OCH3 is 1. The monoisotopic (exact) mass is 402 g/mol. The van der Waals surface area contributed by atoms with Crippen LogP contribution in [0.25, 0.3) is 10.9 Å². The second-order valence-corrected chi connectivity index (χ2v) is 7.32. The number of benzene rings is 2. The maximum absolute atomic E-state index is 12.9. The van der Waals surface area contributed by atoms with Gasteiger partial charge in [0.15, 0.2) is 10.9 Å². The van der Waals surface area contributed by atoms with Crippen LogP contribution in [-0.4, -0.2) is 34.8 Å². The summed E-state index contributed by atoms with van der Waals surface area (Å²) in [5.74, 6) is 0.191. The predicted molar refractivity (Wildman–Crippen MR) is 109 cm³/mol. The first-order valence-electron chi connectivity index (χ1n) is 8.50. The summed E-state index contributed by atoms with van der Waals surface area (Å²) in [5, 5.41) is 1.54. The summed E-state index contributed by atoms with van der Waals surface area (Å²) < 4.78 is 6.70. The molecule has 3 rings (SSSR count). The highest BCUT2D eigenvalue weighted by Crippen LogP contribution is 2.21. The largest absolute Gasteiger partial charge is 0.385 e. The van der Waals surface area contributed by atoms with E-state index in [-0.39, 0.29) is 17.1 Å². The Morgan fingerprint density at radius 3 is 2.74 bits per heavy atom. The number of carbonyl (C=O) groups excluding carboxylic acids is 1. The molecule has 0 atom stereocenters. The standard InChI is InChI=1S/C20H19ClN2O3S/c1-26-11-5-10-23-19(25)16-9-8-15(21)12-17(16)22-20(23)27-13-18(24)14-6-3-2-4-7-14/h2-4,6-9,12H,5,10-11,13H2,1H3. The third-order valence-electron chi connectivity index (χ3n) is 4.04. The first kappa shape index (κ1) is 19.6. The zero-order valence-electron chi connectivity index (χ0n) is 14.9. The molecule has 0 amide bonds. The summed E-state index contributed by atoms with van der Waals surface area (Å²) in [5.41, 5.74) is 1.04. The number of rotatable bonds is 8.